The Bertz CT molecular complexity index is 758. The Balaban J connectivity index is 1.56. The lowest BCUT2D eigenvalue weighted by molar-refractivity contribution is -0.139. The molecule has 1 aliphatic rings. The van der Waals surface area contributed by atoms with Gasteiger partial charge in [-0.2, -0.15) is 13.2 Å². The van der Waals surface area contributed by atoms with Crippen LogP contribution >= 0.6 is 11.3 Å². The molecule has 1 fully saturated rings. The molecule has 2 aromatic rings. The summed E-state index contributed by atoms with van der Waals surface area (Å²) in [6.45, 7) is 1.39. The first-order valence-electron chi connectivity index (χ1n) is 8.19. The van der Waals surface area contributed by atoms with Crippen molar-refractivity contribution in [2.24, 2.45) is 0 Å². The van der Waals surface area contributed by atoms with Crippen LogP contribution in [-0.2, 0) is 11.0 Å². The third kappa shape index (κ3) is 4.73. The van der Waals surface area contributed by atoms with Gasteiger partial charge in [0.25, 0.3) is 5.91 Å². The zero-order chi connectivity index (χ0) is 18.6. The molecule has 0 atom stereocenters. The highest BCUT2D eigenvalue weighted by Crippen LogP contribution is 2.36. The SMILES string of the molecule is O=C(COc1ccccc1C(F)(F)F)Nc1ncc(C2CCNCC2)s1. The molecule has 0 aliphatic carbocycles. The summed E-state index contributed by atoms with van der Waals surface area (Å²) in [5, 5.41) is 6.29. The molecule has 3 rings (SSSR count). The second-order valence-corrected chi connectivity index (χ2v) is 6.99. The van der Waals surface area contributed by atoms with Gasteiger partial charge in [-0.3, -0.25) is 10.1 Å². The van der Waals surface area contributed by atoms with Crippen molar-refractivity contribution in [2.45, 2.75) is 24.9 Å². The van der Waals surface area contributed by atoms with Gasteiger partial charge in [-0.25, -0.2) is 4.98 Å². The lowest BCUT2D eigenvalue weighted by atomic mass is 9.97. The molecule has 0 radical (unpaired) electrons. The van der Waals surface area contributed by atoms with E-state index in [0.717, 1.165) is 36.9 Å². The van der Waals surface area contributed by atoms with Crippen molar-refractivity contribution in [1.29, 1.82) is 0 Å². The van der Waals surface area contributed by atoms with Crippen LogP contribution in [0.5, 0.6) is 5.75 Å². The summed E-state index contributed by atoms with van der Waals surface area (Å²) < 4.78 is 43.8. The van der Waals surface area contributed by atoms with E-state index in [0.29, 0.717) is 11.0 Å². The number of aromatic nitrogens is 1. The Morgan fingerprint density at radius 1 is 1.31 bits per heavy atom. The number of carbonyl (C=O) groups excluding carboxylic acids is 1. The first kappa shape index (κ1) is 18.7. The molecule has 1 aliphatic heterocycles. The van der Waals surface area contributed by atoms with Crippen LogP contribution in [0.1, 0.15) is 29.2 Å². The van der Waals surface area contributed by atoms with Crippen LogP contribution in [0.15, 0.2) is 30.5 Å². The zero-order valence-corrected chi connectivity index (χ0v) is 14.6. The summed E-state index contributed by atoms with van der Waals surface area (Å²) in [6, 6.07) is 4.80. The minimum Gasteiger partial charge on any atom is -0.483 e. The van der Waals surface area contributed by atoms with Crippen LogP contribution < -0.4 is 15.4 Å². The van der Waals surface area contributed by atoms with E-state index in [1.807, 2.05) is 0 Å². The van der Waals surface area contributed by atoms with Gasteiger partial charge in [-0.15, -0.1) is 11.3 Å². The topological polar surface area (TPSA) is 63.2 Å². The summed E-state index contributed by atoms with van der Waals surface area (Å²) in [5.41, 5.74) is -0.907. The van der Waals surface area contributed by atoms with Crippen molar-refractivity contribution in [1.82, 2.24) is 10.3 Å². The molecular formula is C17H18F3N3O2S. The lowest BCUT2D eigenvalue weighted by Gasteiger charge is -2.20. The maximum Gasteiger partial charge on any atom is 0.419 e. The number of piperidine rings is 1. The summed E-state index contributed by atoms with van der Waals surface area (Å²) in [7, 11) is 0. The molecule has 1 amide bonds. The maximum atomic E-state index is 12.9. The number of rotatable bonds is 5. The predicted octanol–water partition coefficient (Wildman–Crippen LogP) is 3.65. The molecule has 1 aromatic heterocycles. The number of para-hydroxylation sites is 1. The van der Waals surface area contributed by atoms with Crippen molar-refractivity contribution >= 4 is 22.4 Å². The number of hydrogen-bond donors (Lipinski definition) is 2. The molecule has 0 bridgehead atoms. The second kappa shape index (κ2) is 8.05. The van der Waals surface area contributed by atoms with E-state index in [1.165, 1.54) is 29.5 Å². The molecule has 140 valence electrons. The van der Waals surface area contributed by atoms with E-state index in [1.54, 1.807) is 6.20 Å². The quantitative estimate of drug-likeness (QED) is 0.825. The Hall–Kier alpha value is -2.13. The maximum absolute atomic E-state index is 12.9. The van der Waals surface area contributed by atoms with Gasteiger partial charge < -0.3 is 10.1 Å². The number of benzene rings is 1. The van der Waals surface area contributed by atoms with E-state index in [-0.39, 0.29) is 5.75 Å². The number of nitrogens with zero attached hydrogens (tertiary/aromatic N) is 1. The summed E-state index contributed by atoms with van der Waals surface area (Å²) >= 11 is 1.39. The van der Waals surface area contributed by atoms with Crippen molar-refractivity contribution in [3.05, 3.63) is 40.9 Å². The van der Waals surface area contributed by atoms with E-state index < -0.39 is 24.3 Å². The minimum atomic E-state index is -4.54. The minimum absolute atomic E-state index is 0.371. The molecule has 26 heavy (non-hydrogen) atoms. The van der Waals surface area contributed by atoms with Gasteiger partial charge in [0.15, 0.2) is 11.7 Å². The van der Waals surface area contributed by atoms with Gasteiger partial charge in [0.2, 0.25) is 0 Å². The first-order chi connectivity index (χ1) is 12.4. The molecule has 2 heterocycles. The molecule has 0 spiro atoms. The molecule has 5 nitrogen and oxygen atoms in total. The number of ether oxygens (including phenoxy) is 1. The smallest absolute Gasteiger partial charge is 0.419 e. The average molecular weight is 385 g/mol. The highest BCUT2D eigenvalue weighted by molar-refractivity contribution is 7.15. The Labute approximate surface area is 152 Å². The molecule has 1 saturated heterocycles. The van der Waals surface area contributed by atoms with Crippen LogP contribution in [0.4, 0.5) is 18.3 Å². The number of anilines is 1. The molecule has 2 N–H and O–H groups in total. The summed E-state index contributed by atoms with van der Waals surface area (Å²) in [4.78, 5) is 17.2. The third-order valence-corrected chi connectivity index (χ3v) is 5.14. The molecule has 0 saturated carbocycles. The standard InChI is InChI=1S/C17H18F3N3O2S/c18-17(19,20)12-3-1-2-4-13(12)25-10-15(24)23-16-22-9-14(26-16)11-5-7-21-8-6-11/h1-4,9,11,21H,5-8,10H2,(H,22,23,24). The van der Waals surface area contributed by atoms with E-state index in [2.05, 4.69) is 15.6 Å². The summed E-state index contributed by atoms with van der Waals surface area (Å²) in [5.74, 6) is -0.493. The number of hydrogen-bond acceptors (Lipinski definition) is 5. The largest absolute Gasteiger partial charge is 0.483 e. The van der Waals surface area contributed by atoms with Crippen LogP contribution in [0.3, 0.4) is 0 Å². The van der Waals surface area contributed by atoms with E-state index in [9.17, 15) is 18.0 Å². The number of alkyl halides is 3. The fraction of sp³-hybridized carbons (Fsp3) is 0.412. The normalized spacial score (nSPS) is 15.7. The second-order valence-electron chi connectivity index (χ2n) is 5.92. The zero-order valence-electron chi connectivity index (χ0n) is 13.8. The third-order valence-electron chi connectivity index (χ3n) is 4.06. The van der Waals surface area contributed by atoms with E-state index in [4.69, 9.17) is 4.74 Å². The van der Waals surface area contributed by atoms with Gasteiger partial charge in [-0.1, -0.05) is 12.1 Å². The van der Waals surface area contributed by atoms with E-state index >= 15 is 0 Å². The lowest BCUT2D eigenvalue weighted by Crippen LogP contribution is -2.26. The van der Waals surface area contributed by atoms with Gasteiger partial charge in [0.05, 0.1) is 5.56 Å². The van der Waals surface area contributed by atoms with Gasteiger partial charge in [-0.05, 0) is 44.0 Å². The molecule has 9 heteroatoms. The predicted molar refractivity (Wildman–Crippen MR) is 92.5 cm³/mol. The first-order valence-corrected chi connectivity index (χ1v) is 9.00. The van der Waals surface area contributed by atoms with Crippen LogP contribution in [-0.4, -0.2) is 30.6 Å². The number of halogens is 3. The van der Waals surface area contributed by atoms with Gasteiger partial charge >= 0.3 is 6.18 Å². The highest BCUT2D eigenvalue weighted by Gasteiger charge is 2.34. The van der Waals surface area contributed by atoms with Crippen molar-refractivity contribution in [3.63, 3.8) is 0 Å². The molecule has 0 unspecified atom stereocenters. The number of amides is 1. The van der Waals surface area contributed by atoms with Crippen LogP contribution in [0.2, 0.25) is 0 Å². The fourth-order valence-corrected chi connectivity index (χ4v) is 3.77. The number of nitrogens with one attached hydrogen (secondary N) is 2. The monoisotopic (exact) mass is 385 g/mol. The number of thiazole rings is 1. The fourth-order valence-electron chi connectivity index (χ4n) is 2.76. The van der Waals surface area contributed by atoms with Crippen LogP contribution in [0, 0.1) is 0 Å². The Morgan fingerprint density at radius 3 is 2.77 bits per heavy atom. The van der Waals surface area contributed by atoms with Crippen LogP contribution in [0.25, 0.3) is 0 Å². The Kier molecular flexibility index (Phi) is 5.77. The van der Waals surface area contributed by atoms with Crippen molar-refractivity contribution < 1.29 is 22.7 Å². The van der Waals surface area contributed by atoms with Crippen molar-refractivity contribution in [3.8, 4) is 5.75 Å². The Morgan fingerprint density at radius 2 is 2.04 bits per heavy atom. The summed E-state index contributed by atoms with van der Waals surface area (Å²) in [6.07, 6.45) is -0.748. The average Bonchev–Trinajstić information content (AvgIpc) is 3.09. The van der Waals surface area contributed by atoms with Gasteiger partial charge in [0.1, 0.15) is 5.75 Å². The molecular weight excluding hydrogens is 367 g/mol. The molecule has 1 aromatic carbocycles. The van der Waals surface area contributed by atoms with Gasteiger partial charge in [0, 0.05) is 11.1 Å². The highest BCUT2D eigenvalue weighted by atomic mass is 32.1. The number of carbonyl (C=O) groups is 1. The van der Waals surface area contributed by atoms with Crippen molar-refractivity contribution in [2.75, 3.05) is 25.0 Å².